The van der Waals surface area contributed by atoms with Crippen LogP contribution in [0, 0.1) is 0 Å². The first-order valence-corrected chi connectivity index (χ1v) is 6.38. The van der Waals surface area contributed by atoms with Gasteiger partial charge in [0.25, 0.3) is 0 Å². The molecule has 0 amide bonds. The second-order valence-corrected chi connectivity index (χ2v) is 4.73. The van der Waals surface area contributed by atoms with Gasteiger partial charge in [-0.05, 0) is 39.7 Å². The van der Waals surface area contributed by atoms with E-state index in [9.17, 15) is 13.2 Å². The molecule has 0 saturated carbocycles. The zero-order valence-electron chi connectivity index (χ0n) is 10.1. The molecule has 0 saturated heterocycles. The molecule has 1 aromatic carbocycles. The topological polar surface area (TPSA) is 48.1 Å². The summed E-state index contributed by atoms with van der Waals surface area (Å²) in [7, 11) is 0. The first-order chi connectivity index (χ1) is 9.37. The van der Waals surface area contributed by atoms with Crippen molar-refractivity contribution >= 4 is 15.9 Å². The Bertz CT molecular complexity index is 587. The van der Waals surface area contributed by atoms with Gasteiger partial charge in [0.2, 0.25) is 0 Å². The Kier molecular flexibility index (Phi) is 4.29. The summed E-state index contributed by atoms with van der Waals surface area (Å²) >= 11 is 3.28. The summed E-state index contributed by atoms with van der Waals surface area (Å²) in [4.78, 5) is 4.05. The molecule has 1 heterocycles. The zero-order valence-corrected chi connectivity index (χ0v) is 11.6. The van der Waals surface area contributed by atoms with E-state index in [-0.39, 0.29) is 5.75 Å². The second kappa shape index (κ2) is 5.80. The van der Waals surface area contributed by atoms with Gasteiger partial charge in [-0.25, -0.2) is 4.98 Å². The van der Waals surface area contributed by atoms with Gasteiger partial charge in [0.1, 0.15) is 10.4 Å². The number of aromatic nitrogens is 1. The van der Waals surface area contributed by atoms with Crippen molar-refractivity contribution in [3.63, 3.8) is 0 Å². The van der Waals surface area contributed by atoms with Crippen molar-refractivity contribution in [2.75, 3.05) is 0 Å². The minimum Gasteiger partial charge on any atom is -0.406 e. The third kappa shape index (κ3) is 3.71. The number of hydrogen-bond acceptors (Lipinski definition) is 3. The highest BCUT2D eigenvalue weighted by Gasteiger charge is 2.31. The maximum atomic E-state index is 12.1. The smallest absolute Gasteiger partial charge is 0.406 e. The number of rotatable bonds is 3. The maximum Gasteiger partial charge on any atom is 0.573 e. The molecule has 2 aromatic rings. The monoisotopic (exact) mass is 346 g/mol. The molecule has 2 rings (SSSR count). The summed E-state index contributed by atoms with van der Waals surface area (Å²) in [5.41, 5.74) is 7.47. The number of hydrogen-bond donors (Lipinski definition) is 1. The Morgan fingerprint density at radius 1 is 1.15 bits per heavy atom. The molecule has 0 aliphatic rings. The van der Waals surface area contributed by atoms with E-state index in [1.165, 1.54) is 24.3 Å². The first-order valence-electron chi connectivity index (χ1n) is 5.58. The summed E-state index contributed by atoms with van der Waals surface area (Å²) in [6.45, 7) is 0. The van der Waals surface area contributed by atoms with Crippen molar-refractivity contribution in [1.82, 2.24) is 4.98 Å². The Hall–Kier alpha value is -1.60. The van der Waals surface area contributed by atoms with E-state index in [4.69, 9.17) is 5.73 Å². The van der Waals surface area contributed by atoms with Gasteiger partial charge in [-0.15, -0.1) is 13.2 Å². The predicted octanol–water partition coefficient (Wildman–Crippen LogP) is 3.79. The Morgan fingerprint density at radius 3 is 2.35 bits per heavy atom. The van der Waals surface area contributed by atoms with E-state index in [1.54, 1.807) is 18.3 Å². The van der Waals surface area contributed by atoms with Gasteiger partial charge in [0, 0.05) is 11.8 Å². The van der Waals surface area contributed by atoms with Crippen molar-refractivity contribution < 1.29 is 17.9 Å². The Labute approximate surface area is 121 Å². The molecule has 0 radical (unpaired) electrons. The fraction of sp³-hybridized carbons (Fsp3) is 0.154. The summed E-state index contributed by atoms with van der Waals surface area (Å²) < 4.78 is 40.6. The van der Waals surface area contributed by atoms with Crippen molar-refractivity contribution in [2.45, 2.75) is 12.4 Å². The molecule has 0 aliphatic heterocycles. The number of alkyl halides is 3. The van der Waals surface area contributed by atoms with Crippen LogP contribution in [0.2, 0.25) is 0 Å². The van der Waals surface area contributed by atoms with Crippen LogP contribution in [-0.4, -0.2) is 11.3 Å². The molecule has 3 nitrogen and oxygen atoms in total. The fourth-order valence-electron chi connectivity index (χ4n) is 1.69. The van der Waals surface area contributed by atoms with Gasteiger partial charge in [0.05, 0.1) is 6.04 Å². The highest BCUT2D eigenvalue weighted by atomic mass is 79.9. The lowest BCUT2D eigenvalue weighted by molar-refractivity contribution is -0.274. The van der Waals surface area contributed by atoms with Crippen LogP contribution in [0.3, 0.4) is 0 Å². The quantitative estimate of drug-likeness (QED) is 0.860. The van der Waals surface area contributed by atoms with Crippen LogP contribution >= 0.6 is 15.9 Å². The number of nitrogens with two attached hydrogens (primary N) is 1. The van der Waals surface area contributed by atoms with Gasteiger partial charge < -0.3 is 10.5 Å². The molecule has 0 unspecified atom stereocenters. The lowest BCUT2D eigenvalue weighted by atomic mass is 10.0. The normalized spacial score (nSPS) is 13.1. The lowest BCUT2D eigenvalue weighted by Crippen LogP contribution is -2.17. The highest BCUT2D eigenvalue weighted by molar-refractivity contribution is 9.10. The number of benzene rings is 1. The maximum absolute atomic E-state index is 12.1. The number of ether oxygens (including phenoxy) is 1. The number of halogens is 4. The molecule has 1 aromatic heterocycles. The molecule has 0 aliphatic carbocycles. The van der Waals surface area contributed by atoms with E-state index >= 15 is 0 Å². The lowest BCUT2D eigenvalue weighted by Gasteiger charge is -2.14. The average Bonchev–Trinajstić information content (AvgIpc) is 2.37. The van der Waals surface area contributed by atoms with E-state index in [2.05, 4.69) is 25.7 Å². The molecule has 7 heteroatoms. The SMILES string of the molecule is N[C@@H](c1ccc(OC(F)(F)F)cc1)c1cccnc1Br. The molecule has 20 heavy (non-hydrogen) atoms. The van der Waals surface area contributed by atoms with Crippen LogP contribution in [0.4, 0.5) is 13.2 Å². The van der Waals surface area contributed by atoms with Crippen LogP contribution in [0.1, 0.15) is 17.2 Å². The number of nitrogens with zero attached hydrogens (tertiary/aromatic N) is 1. The molecule has 2 N–H and O–H groups in total. The largest absolute Gasteiger partial charge is 0.573 e. The van der Waals surface area contributed by atoms with Gasteiger partial charge in [-0.3, -0.25) is 0 Å². The summed E-state index contributed by atoms with van der Waals surface area (Å²) in [6.07, 6.45) is -3.09. The van der Waals surface area contributed by atoms with Gasteiger partial charge in [-0.2, -0.15) is 0 Å². The summed E-state index contributed by atoms with van der Waals surface area (Å²) in [5.74, 6) is -0.279. The summed E-state index contributed by atoms with van der Waals surface area (Å²) in [6, 6.07) is 8.48. The molecule has 0 spiro atoms. The fourth-order valence-corrected chi connectivity index (χ4v) is 2.18. The molecule has 106 valence electrons. The molecule has 1 atom stereocenters. The van der Waals surface area contributed by atoms with E-state index in [1.807, 2.05) is 0 Å². The third-order valence-electron chi connectivity index (χ3n) is 2.60. The second-order valence-electron chi connectivity index (χ2n) is 3.98. The predicted molar refractivity (Wildman–Crippen MR) is 71.1 cm³/mol. The third-order valence-corrected chi connectivity index (χ3v) is 3.26. The highest BCUT2D eigenvalue weighted by Crippen LogP contribution is 2.28. The van der Waals surface area contributed by atoms with Crippen LogP contribution in [-0.2, 0) is 0 Å². The molecule has 0 bridgehead atoms. The molecular formula is C13H10BrF3N2O. The van der Waals surface area contributed by atoms with E-state index < -0.39 is 12.4 Å². The summed E-state index contributed by atoms with van der Waals surface area (Å²) in [5, 5.41) is 0. The number of pyridine rings is 1. The van der Waals surface area contributed by atoms with Crippen molar-refractivity contribution in [2.24, 2.45) is 5.73 Å². The Balaban J connectivity index is 2.20. The minimum absolute atomic E-state index is 0.279. The van der Waals surface area contributed by atoms with Crippen LogP contribution in [0.5, 0.6) is 5.75 Å². The zero-order chi connectivity index (χ0) is 14.8. The van der Waals surface area contributed by atoms with Crippen LogP contribution < -0.4 is 10.5 Å². The van der Waals surface area contributed by atoms with Crippen molar-refractivity contribution in [3.05, 3.63) is 58.3 Å². The van der Waals surface area contributed by atoms with Gasteiger partial charge in [0.15, 0.2) is 0 Å². The Morgan fingerprint density at radius 2 is 1.80 bits per heavy atom. The molecule has 0 fully saturated rings. The van der Waals surface area contributed by atoms with Gasteiger partial charge in [-0.1, -0.05) is 18.2 Å². The standard InChI is InChI=1S/C13H10BrF3N2O/c14-12-10(2-1-7-19-12)11(18)8-3-5-9(6-4-8)20-13(15,16)17/h1-7,11H,18H2/t11-/m0/s1. The van der Waals surface area contributed by atoms with Crippen LogP contribution in [0.25, 0.3) is 0 Å². The van der Waals surface area contributed by atoms with Gasteiger partial charge >= 0.3 is 6.36 Å². The first kappa shape index (κ1) is 14.8. The average molecular weight is 347 g/mol. The van der Waals surface area contributed by atoms with Crippen molar-refractivity contribution in [1.29, 1.82) is 0 Å². The van der Waals surface area contributed by atoms with E-state index in [0.717, 1.165) is 5.56 Å². The van der Waals surface area contributed by atoms with Crippen LogP contribution in [0.15, 0.2) is 47.2 Å². The minimum atomic E-state index is -4.70. The van der Waals surface area contributed by atoms with E-state index in [0.29, 0.717) is 10.2 Å². The molecular weight excluding hydrogens is 337 g/mol. The van der Waals surface area contributed by atoms with Crippen molar-refractivity contribution in [3.8, 4) is 5.75 Å².